The van der Waals surface area contributed by atoms with Gasteiger partial charge in [-0.05, 0) is 40.5 Å². The molecule has 5 nitrogen and oxygen atoms in total. The monoisotopic (exact) mass is 254 g/mol. The van der Waals surface area contributed by atoms with E-state index in [1.165, 1.54) is 0 Å². The molecule has 0 aliphatic carbocycles. The molecule has 0 radical (unpaired) electrons. The highest BCUT2D eigenvalue weighted by Crippen LogP contribution is 2.24. The highest BCUT2D eigenvalue weighted by atomic mass is 16.5. The third kappa shape index (κ3) is 2.36. The Balaban J connectivity index is 2.09. The van der Waals surface area contributed by atoms with Crippen molar-refractivity contribution < 1.29 is 14.3 Å². The lowest BCUT2D eigenvalue weighted by molar-refractivity contribution is -0.154. The molecular weight excluding hydrogens is 232 g/mol. The maximum Gasteiger partial charge on any atom is 0.248 e. The molecule has 0 aromatic heterocycles. The Kier molecular flexibility index (Phi) is 3.36. The van der Waals surface area contributed by atoms with Gasteiger partial charge in [0.1, 0.15) is 11.6 Å². The number of hydrogen-bond acceptors (Lipinski definition) is 3. The average molecular weight is 254 g/mol. The van der Waals surface area contributed by atoms with Crippen LogP contribution in [0, 0.1) is 0 Å². The number of carbonyl (C=O) groups excluding carboxylic acids is 2. The van der Waals surface area contributed by atoms with Crippen molar-refractivity contribution >= 4 is 11.8 Å². The van der Waals surface area contributed by atoms with Crippen molar-refractivity contribution in [2.75, 3.05) is 6.54 Å². The highest BCUT2D eigenvalue weighted by molar-refractivity contribution is 5.99. The van der Waals surface area contributed by atoms with Crippen LogP contribution in [0.15, 0.2) is 0 Å². The van der Waals surface area contributed by atoms with Crippen LogP contribution in [0.5, 0.6) is 0 Å². The molecule has 2 aliphatic heterocycles. The summed E-state index contributed by atoms with van der Waals surface area (Å²) >= 11 is 0. The zero-order valence-electron chi connectivity index (χ0n) is 11.5. The zero-order chi connectivity index (χ0) is 13.5. The van der Waals surface area contributed by atoms with Crippen LogP contribution in [0.25, 0.3) is 0 Å². The first-order chi connectivity index (χ1) is 8.31. The summed E-state index contributed by atoms with van der Waals surface area (Å²) in [5, 5.41) is 2.75. The molecule has 3 atom stereocenters. The fraction of sp³-hybridized carbons (Fsp3) is 0.846. The molecule has 5 heteroatoms. The van der Waals surface area contributed by atoms with Crippen LogP contribution in [0.3, 0.4) is 0 Å². The van der Waals surface area contributed by atoms with E-state index in [0.29, 0.717) is 6.54 Å². The Labute approximate surface area is 108 Å². The minimum absolute atomic E-state index is 0.0299. The molecule has 102 valence electrons. The van der Waals surface area contributed by atoms with Gasteiger partial charge >= 0.3 is 0 Å². The first-order valence-electron chi connectivity index (χ1n) is 6.60. The maximum absolute atomic E-state index is 12.3. The van der Waals surface area contributed by atoms with Crippen molar-refractivity contribution in [3.63, 3.8) is 0 Å². The number of nitrogens with one attached hydrogen (secondary N) is 1. The number of piperazine rings is 1. The minimum atomic E-state index is -0.812. The van der Waals surface area contributed by atoms with Crippen molar-refractivity contribution in [1.29, 1.82) is 0 Å². The van der Waals surface area contributed by atoms with Gasteiger partial charge in [0.05, 0.1) is 12.2 Å². The van der Waals surface area contributed by atoms with Crippen molar-refractivity contribution in [3.8, 4) is 0 Å². The number of hydrogen-bond donors (Lipinski definition) is 1. The molecule has 1 N–H and O–H groups in total. The molecule has 0 spiro atoms. The molecule has 2 amide bonds. The van der Waals surface area contributed by atoms with E-state index in [9.17, 15) is 9.59 Å². The van der Waals surface area contributed by atoms with Crippen LogP contribution in [0.2, 0.25) is 0 Å². The van der Waals surface area contributed by atoms with Crippen LogP contribution in [-0.2, 0) is 14.3 Å². The Morgan fingerprint density at radius 1 is 1.33 bits per heavy atom. The molecule has 2 fully saturated rings. The molecule has 18 heavy (non-hydrogen) atoms. The molecule has 2 saturated heterocycles. The highest BCUT2D eigenvalue weighted by Gasteiger charge is 2.44. The quantitative estimate of drug-likeness (QED) is 0.788. The Morgan fingerprint density at radius 2 is 2.00 bits per heavy atom. The van der Waals surface area contributed by atoms with E-state index < -0.39 is 11.6 Å². The third-order valence-electron chi connectivity index (χ3n) is 3.80. The first-order valence-corrected chi connectivity index (χ1v) is 6.60. The van der Waals surface area contributed by atoms with Gasteiger partial charge in [-0.3, -0.25) is 9.59 Å². The van der Waals surface area contributed by atoms with Crippen molar-refractivity contribution in [2.24, 2.45) is 0 Å². The second-order valence-corrected chi connectivity index (χ2v) is 5.89. The summed E-state index contributed by atoms with van der Waals surface area (Å²) in [7, 11) is 0. The summed E-state index contributed by atoms with van der Waals surface area (Å²) < 4.78 is 5.74. The smallest absolute Gasteiger partial charge is 0.248 e. The van der Waals surface area contributed by atoms with E-state index in [0.717, 1.165) is 12.8 Å². The van der Waals surface area contributed by atoms with E-state index in [-0.39, 0.29) is 24.0 Å². The van der Waals surface area contributed by atoms with Crippen LogP contribution >= 0.6 is 0 Å². The van der Waals surface area contributed by atoms with Crippen LogP contribution < -0.4 is 5.32 Å². The lowest BCUT2D eigenvalue weighted by Crippen LogP contribution is -2.68. The van der Waals surface area contributed by atoms with Crippen LogP contribution in [-0.4, -0.2) is 47.0 Å². The van der Waals surface area contributed by atoms with Gasteiger partial charge in [0.15, 0.2) is 0 Å². The summed E-state index contributed by atoms with van der Waals surface area (Å²) in [6.07, 6.45) is 2.30. The van der Waals surface area contributed by atoms with Gasteiger partial charge in [0.25, 0.3) is 0 Å². The van der Waals surface area contributed by atoms with Crippen LogP contribution in [0.4, 0.5) is 0 Å². The second-order valence-electron chi connectivity index (χ2n) is 5.89. The average Bonchev–Trinajstić information content (AvgIpc) is 2.67. The maximum atomic E-state index is 12.3. The molecule has 2 rings (SSSR count). The second kappa shape index (κ2) is 4.53. The molecule has 0 aromatic carbocycles. The van der Waals surface area contributed by atoms with E-state index in [1.807, 2.05) is 6.92 Å². The van der Waals surface area contributed by atoms with E-state index in [1.54, 1.807) is 25.7 Å². The predicted octanol–water partition coefficient (Wildman–Crippen LogP) is 0.679. The standard InChI is InChI=1S/C13H22N2O3/c1-8-5-6-10(18-8)7-15-9(2)11(16)14-13(3,4)12(15)17/h8-10H,5-7H2,1-4H3,(H,14,16). The van der Waals surface area contributed by atoms with Gasteiger partial charge in [-0.15, -0.1) is 0 Å². The van der Waals surface area contributed by atoms with E-state index >= 15 is 0 Å². The SMILES string of the molecule is CC1CCC(CN2C(=O)C(C)(C)NC(=O)C2C)O1. The zero-order valence-corrected chi connectivity index (χ0v) is 11.5. The van der Waals surface area contributed by atoms with Gasteiger partial charge in [-0.2, -0.15) is 0 Å². The molecule has 2 heterocycles. The number of carbonyl (C=O) groups is 2. The predicted molar refractivity (Wildman–Crippen MR) is 67.0 cm³/mol. The molecule has 2 aliphatic rings. The Hall–Kier alpha value is -1.10. The van der Waals surface area contributed by atoms with Crippen molar-refractivity contribution in [1.82, 2.24) is 10.2 Å². The van der Waals surface area contributed by atoms with Gasteiger partial charge in [0.2, 0.25) is 11.8 Å². The molecule has 0 saturated carbocycles. The minimum Gasteiger partial charge on any atom is -0.373 e. The summed E-state index contributed by atoms with van der Waals surface area (Å²) in [5.74, 6) is -0.122. The fourth-order valence-corrected chi connectivity index (χ4v) is 2.62. The summed E-state index contributed by atoms with van der Waals surface area (Å²) in [5.41, 5.74) is -0.812. The fourth-order valence-electron chi connectivity index (χ4n) is 2.62. The number of rotatable bonds is 2. The largest absolute Gasteiger partial charge is 0.373 e. The summed E-state index contributed by atoms with van der Waals surface area (Å²) in [6.45, 7) is 7.80. The molecule has 0 aromatic rings. The number of amides is 2. The normalized spacial score (nSPS) is 35.8. The van der Waals surface area contributed by atoms with Crippen molar-refractivity contribution in [2.45, 2.75) is 64.3 Å². The molecule has 0 bridgehead atoms. The van der Waals surface area contributed by atoms with E-state index in [2.05, 4.69) is 5.32 Å². The van der Waals surface area contributed by atoms with Crippen LogP contribution in [0.1, 0.15) is 40.5 Å². The lowest BCUT2D eigenvalue weighted by atomic mass is 9.97. The summed E-state index contributed by atoms with van der Waals surface area (Å²) in [4.78, 5) is 25.8. The number of ether oxygens (including phenoxy) is 1. The number of nitrogens with zero attached hydrogens (tertiary/aromatic N) is 1. The molecule has 3 unspecified atom stereocenters. The summed E-state index contributed by atoms with van der Waals surface area (Å²) in [6, 6.07) is -0.412. The van der Waals surface area contributed by atoms with E-state index in [4.69, 9.17) is 4.74 Å². The third-order valence-corrected chi connectivity index (χ3v) is 3.80. The topological polar surface area (TPSA) is 58.6 Å². The molecular formula is C13H22N2O3. The van der Waals surface area contributed by atoms with Gasteiger partial charge in [0, 0.05) is 6.54 Å². The van der Waals surface area contributed by atoms with Crippen molar-refractivity contribution in [3.05, 3.63) is 0 Å². The Bertz CT molecular complexity index is 367. The van der Waals surface area contributed by atoms with Gasteiger partial charge in [-0.25, -0.2) is 0 Å². The first kappa shape index (κ1) is 13.3. The lowest BCUT2D eigenvalue weighted by Gasteiger charge is -2.42. The van der Waals surface area contributed by atoms with Gasteiger partial charge < -0.3 is 15.0 Å². The van der Waals surface area contributed by atoms with Gasteiger partial charge in [-0.1, -0.05) is 0 Å². The Morgan fingerprint density at radius 3 is 2.56 bits per heavy atom.